The van der Waals surface area contributed by atoms with Gasteiger partial charge in [0.25, 0.3) is 5.69 Å². The molecule has 0 aliphatic carbocycles. The van der Waals surface area contributed by atoms with Gasteiger partial charge in [0.05, 0.1) is 10.8 Å². The minimum Gasteiger partial charge on any atom is -0.378 e. The normalized spacial score (nSPS) is 17.2. The number of nitrogens with one attached hydrogen (secondary N) is 3. The van der Waals surface area contributed by atoms with Gasteiger partial charge in [-0.3, -0.25) is 14.9 Å². The maximum Gasteiger partial charge on any atom is 0.292 e. The fourth-order valence-corrected chi connectivity index (χ4v) is 2.39. The molecule has 0 bridgehead atoms. The smallest absolute Gasteiger partial charge is 0.292 e. The van der Waals surface area contributed by atoms with E-state index in [1.165, 1.54) is 6.07 Å². The first-order chi connectivity index (χ1) is 10.2. The Hall–Kier alpha value is -1.86. The monoisotopic (exact) mass is 328 g/mol. The molecule has 2 rings (SSSR count). The van der Waals surface area contributed by atoms with Crippen molar-refractivity contribution in [3.05, 3.63) is 34.4 Å². The summed E-state index contributed by atoms with van der Waals surface area (Å²) in [4.78, 5) is 22.3. The predicted molar refractivity (Wildman–Crippen MR) is 87.4 cm³/mol. The summed E-state index contributed by atoms with van der Waals surface area (Å²) in [6, 6.07) is 6.47. The fraction of sp³-hybridized carbons (Fsp3) is 0.500. The second-order valence-corrected chi connectivity index (χ2v) is 5.04. The van der Waals surface area contributed by atoms with Gasteiger partial charge in [-0.15, -0.1) is 12.4 Å². The quantitative estimate of drug-likeness (QED) is 0.418. The average Bonchev–Trinajstić information content (AvgIpc) is 2.52. The second kappa shape index (κ2) is 9.22. The lowest BCUT2D eigenvalue weighted by atomic mass is 9.99. The number of carbonyl (C=O) groups is 1. The van der Waals surface area contributed by atoms with Crippen LogP contribution in [0.4, 0.5) is 11.4 Å². The molecule has 1 aliphatic heterocycles. The first-order valence-electron chi connectivity index (χ1n) is 7.14. The van der Waals surface area contributed by atoms with Gasteiger partial charge in [-0.2, -0.15) is 0 Å². The standard InChI is InChI=1S/C14H20N4O3.ClH/c19-14(11-4-3-7-15-10-11)17-9-8-16-12-5-1-2-6-13(12)18(20)21;/h1-2,5-6,11,15-16H,3-4,7-10H2,(H,17,19);1H. The van der Waals surface area contributed by atoms with Crippen LogP contribution in [0.3, 0.4) is 0 Å². The first-order valence-corrected chi connectivity index (χ1v) is 7.14. The van der Waals surface area contributed by atoms with Crippen LogP contribution in [0.5, 0.6) is 0 Å². The minimum absolute atomic E-state index is 0. The van der Waals surface area contributed by atoms with Crippen LogP contribution in [-0.2, 0) is 4.79 Å². The molecule has 1 aromatic rings. The summed E-state index contributed by atoms with van der Waals surface area (Å²) in [7, 11) is 0. The van der Waals surface area contributed by atoms with E-state index in [0.717, 1.165) is 25.9 Å². The number of amides is 1. The molecule has 7 nitrogen and oxygen atoms in total. The highest BCUT2D eigenvalue weighted by Crippen LogP contribution is 2.22. The predicted octanol–water partition coefficient (Wildman–Crippen LogP) is 1.54. The molecular formula is C14H21ClN4O3. The van der Waals surface area contributed by atoms with Crippen LogP contribution in [0, 0.1) is 16.0 Å². The molecular weight excluding hydrogens is 308 g/mol. The van der Waals surface area contributed by atoms with Crippen LogP contribution in [-0.4, -0.2) is 37.0 Å². The van der Waals surface area contributed by atoms with Crippen molar-refractivity contribution in [2.45, 2.75) is 12.8 Å². The van der Waals surface area contributed by atoms with E-state index in [0.29, 0.717) is 18.8 Å². The number of nitrogens with zero attached hydrogens (tertiary/aromatic N) is 1. The molecule has 0 saturated carbocycles. The second-order valence-electron chi connectivity index (χ2n) is 5.04. The lowest BCUT2D eigenvalue weighted by molar-refractivity contribution is -0.384. The molecule has 122 valence electrons. The van der Waals surface area contributed by atoms with Gasteiger partial charge < -0.3 is 16.0 Å². The number of benzene rings is 1. The molecule has 1 atom stereocenters. The minimum atomic E-state index is -0.422. The van der Waals surface area contributed by atoms with Crippen LogP contribution in [0.1, 0.15) is 12.8 Å². The Balaban J connectivity index is 0.00000242. The summed E-state index contributed by atoms with van der Waals surface area (Å²) in [6.45, 7) is 2.60. The Morgan fingerprint density at radius 3 is 2.82 bits per heavy atom. The van der Waals surface area contributed by atoms with E-state index in [9.17, 15) is 14.9 Å². The number of anilines is 1. The molecule has 1 saturated heterocycles. The van der Waals surface area contributed by atoms with Crippen molar-refractivity contribution in [2.24, 2.45) is 5.92 Å². The van der Waals surface area contributed by atoms with E-state index < -0.39 is 4.92 Å². The summed E-state index contributed by atoms with van der Waals surface area (Å²) >= 11 is 0. The summed E-state index contributed by atoms with van der Waals surface area (Å²) in [5, 5.41) is 19.9. The van der Waals surface area contributed by atoms with E-state index in [4.69, 9.17) is 0 Å². The van der Waals surface area contributed by atoms with Gasteiger partial charge >= 0.3 is 0 Å². The lowest BCUT2D eigenvalue weighted by Gasteiger charge is -2.21. The van der Waals surface area contributed by atoms with Crippen molar-refractivity contribution in [2.75, 3.05) is 31.5 Å². The van der Waals surface area contributed by atoms with Crippen molar-refractivity contribution in [3.63, 3.8) is 0 Å². The third-order valence-electron chi connectivity index (χ3n) is 3.51. The largest absolute Gasteiger partial charge is 0.378 e. The van der Waals surface area contributed by atoms with Crippen molar-refractivity contribution >= 4 is 29.7 Å². The molecule has 1 heterocycles. The Labute approximate surface area is 135 Å². The van der Waals surface area contributed by atoms with Gasteiger partial charge in [0.2, 0.25) is 5.91 Å². The number of nitro benzene ring substituents is 1. The van der Waals surface area contributed by atoms with Gasteiger partial charge in [0.15, 0.2) is 0 Å². The van der Waals surface area contributed by atoms with Gasteiger partial charge in [0.1, 0.15) is 5.69 Å². The summed E-state index contributed by atoms with van der Waals surface area (Å²) < 4.78 is 0. The number of piperidine rings is 1. The van der Waals surface area contributed by atoms with Crippen molar-refractivity contribution in [1.29, 1.82) is 0 Å². The molecule has 0 radical (unpaired) electrons. The highest BCUT2D eigenvalue weighted by atomic mass is 35.5. The fourth-order valence-electron chi connectivity index (χ4n) is 2.39. The molecule has 8 heteroatoms. The van der Waals surface area contributed by atoms with Gasteiger partial charge in [-0.05, 0) is 25.5 Å². The number of nitro groups is 1. The van der Waals surface area contributed by atoms with E-state index in [1.54, 1.807) is 18.2 Å². The summed E-state index contributed by atoms with van der Waals surface area (Å²) in [6.07, 6.45) is 1.93. The van der Waals surface area contributed by atoms with Crippen molar-refractivity contribution in [1.82, 2.24) is 10.6 Å². The van der Waals surface area contributed by atoms with Crippen molar-refractivity contribution < 1.29 is 9.72 Å². The van der Waals surface area contributed by atoms with Gasteiger partial charge in [-0.1, -0.05) is 12.1 Å². The molecule has 0 spiro atoms. The zero-order valence-electron chi connectivity index (χ0n) is 12.2. The Morgan fingerprint density at radius 2 is 2.14 bits per heavy atom. The molecule has 22 heavy (non-hydrogen) atoms. The van der Waals surface area contributed by atoms with E-state index >= 15 is 0 Å². The molecule has 0 aromatic heterocycles. The number of rotatable bonds is 6. The maximum absolute atomic E-state index is 11.9. The summed E-state index contributed by atoms with van der Waals surface area (Å²) in [5.41, 5.74) is 0.511. The third kappa shape index (κ3) is 5.16. The highest BCUT2D eigenvalue weighted by molar-refractivity contribution is 5.85. The Bertz CT molecular complexity index is 507. The Morgan fingerprint density at radius 1 is 1.36 bits per heavy atom. The lowest BCUT2D eigenvalue weighted by Crippen LogP contribution is -2.41. The molecule has 1 amide bonds. The van der Waals surface area contributed by atoms with E-state index in [-0.39, 0.29) is 29.9 Å². The zero-order valence-corrected chi connectivity index (χ0v) is 13.0. The van der Waals surface area contributed by atoms with Crippen LogP contribution in [0.25, 0.3) is 0 Å². The SMILES string of the molecule is Cl.O=C(NCCNc1ccccc1[N+](=O)[O-])C1CCCNC1. The molecule has 3 N–H and O–H groups in total. The topological polar surface area (TPSA) is 96.3 Å². The molecule has 1 unspecified atom stereocenters. The van der Waals surface area contributed by atoms with Crippen LogP contribution in [0.2, 0.25) is 0 Å². The molecule has 1 aromatic carbocycles. The molecule has 1 fully saturated rings. The first kappa shape index (κ1) is 18.2. The molecule has 1 aliphatic rings. The number of hydrogen-bond acceptors (Lipinski definition) is 5. The van der Waals surface area contributed by atoms with Crippen LogP contribution >= 0.6 is 12.4 Å². The van der Waals surface area contributed by atoms with Gasteiger partial charge in [0, 0.05) is 25.7 Å². The Kier molecular flexibility index (Phi) is 7.62. The van der Waals surface area contributed by atoms with Gasteiger partial charge in [-0.25, -0.2) is 0 Å². The van der Waals surface area contributed by atoms with Crippen molar-refractivity contribution in [3.8, 4) is 0 Å². The van der Waals surface area contributed by atoms with E-state index in [1.807, 2.05) is 0 Å². The van der Waals surface area contributed by atoms with Crippen LogP contribution < -0.4 is 16.0 Å². The average molecular weight is 329 g/mol. The number of carbonyl (C=O) groups excluding carboxylic acids is 1. The highest BCUT2D eigenvalue weighted by Gasteiger charge is 2.20. The zero-order chi connectivity index (χ0) is 15.1. The maximum atomic E-state index is 11.9. The number of hydrogen-bond donors (Lipinski definition) is 3. The number of halogens is 1. The van der Waals surface area contributed by atoms with Crippen LogP contribution in [0.15, 0.2) is 24.3 Å². The third-order valence-corrected chi connectivity index (χ3v) is 3.51. The number of para-hydroxylation sites is 2. The summed E-state index contributed by atoms with van der Waals surface area (Å²) in [5.74, 6) is 0.0800. The van der Waals surface area contributed by atoms with E-state index in [2.05, 4.69) is 16.0 Å².